The normalized spacial score (nSPS) is 33.1. The molecule has 0 aliphatic carbocycles. The van der Waals surface area contributed by atoms with Crippen LogP contribution < -0.4 is 0 Å². The van der Waals surface area contributed by atoms with Crippen molar-refractivity contribution in [1.82, 2.24) is 4.90 Å². The zero-order chi connectivity index (χ0) is 14.1. The highest BCUT2D eigenvalue weighted by Gasteiger charge is 2.46. The molecule has 0 saturated carbocycles. The maximum atomic E-state index is 12.1. The zero-order valence-electron chi connectivity index (χ0n) is 12.0. The quantitative estimate of drug-likeness (QED) is 0.792. The number of carbonyl (C=O) groups excluding carboxylic acids is 1. The molecule has 0 amide bonds. The third kappa shape index (κ3) is 2.45. The SMILES string of the molecule is COC1CC2CC(OC(=O)c3ccccc3)CC1N2C. The Labute approximate surface area is 119 Å². The first-order chi connectivity index (χ1) is 9.69. The zero-order valence-corrected chi connectivity index (χ0v) is 12.0. The lowest BCUT2D eigenvalue weighted by atomic mass is 10.00. The van der Waals surface area contributed by atoms with Crippen LogP contribution in [0.1, 0.15) is 29.6 Å². The van der Waals surface area contributed by atoms with Crippen LogP contribution in [0.2, 0.25) is 0 Å². The van der Waals surface area contributed by atoms with E-state index < -0.39 is 0 Å². The van der Waals surface area contributed by atoms with Crippen molar-refractivity contribution >= 4 is 5.97 Å². The van der Waals surface area contributed by atoms with Crippen molar-refractivity contribution in [2.75, 3.05) is 14.2 Å². The highest BCUT2D eigenvalue weighted by Crippen LogP contribution is 2.37. The molecular formula is C16H21NO3. The Morgan fingerprint density at radius 2 is 1.95 bits per heavy atom. The molecule has 4 unspecified atom stereocenters. The minimum atomic E-state index is -0.214. The molecule has 20 heavy (non-hydrogen) atoms. The van der Waals surface area contributed by atoms with Gasteiger partial charge in [0, 0.05) is 32.0 Å². The smallest absolute Gasteiger partial charge is 0.338 e. The standard InChI is InChI=1S/C16H21NO3/c1-17-12-8-13(10-14(17)15(9-12)19-2)20-16(18)11-6-4-3-5-7-11/h3-7,12-15H,8-10H2,1-2H3. The van der Waals surface area contributed by atoms with E-state index in [-0.39, 0.29) is 18.2 Å². The second kappa shape index (κ2) is 5.54. The number of fused-ring (bicyclic) bond motifs is 2. The summed E-state index contributed by atoms with van der Waals surface area (Å²) >= 11 is 0. The van der Waals surface area contributed by atoms with E-state index >= 15 is 0 Å². The Balaban J connectivity index is 1.64. The molecule has 108 valence electrons. The maximum Gasteiger partial charge on any atom is 0.338 e. The van der Waals surface area contributed by atoms with Gasteiger partial charge in [-0.25, -0.2) is 4.79 Å². The summed E-state index contributed by atoms with van der Waals surface area (Å²) in [5.41, 5.74) is 0.627. The molecule has 0 spiro atoms. The second-order valence-electron chi connectivity index (χ2n) is 5.76. The van der Waals surface area contributed by atoms with E-state index in [2.05, 4.69) is 11.9 Å². The van der Waals surface area contributed by atoms with Crippen molar-refractivity contribution in [3.8, 4) is 0 Å². The van der Waals surface area contributed by atoms with Gasteiger partial charge in [0.05, 0.1) is 11.7 Å². The van der Waals surface area contributed by atoms with Crippen LogP contribution in [0.25, 0.3) is 0 Å². The van der Waals surface area contributed by atoms with Crippen LogP contribution in [0.4, 0.5) is 0 Å². The Morgan fingerprint density at radius 3 is 2.65 bits per heavy atom. The lowest BCUT2D eigenvalue weighted by Crippen LogP contribution is -2.45. The molecule has 3 rings (SSSR count). The molecule has 0 radical (unpaired) electrons. The van der Waals surface area contributed by atoms with E-state index in [0.29, 0.717) is 17.6 Å². The first-order valence-corrected chi connectivity index (χ1v) is 7.20. The van der Waals surface area contributed by atoms with Crippen molar-refractivity contribution in [2.45, 2.75) is 43.6 Å². The van der Waals surface area contributed by atoms with Crippen LogP contribution in [-0.2, 0) is 9.47 Å². The number of carbonyl (C=O) groups is 1. The van der Waals surface area contributed by atoms with E-state index in [0.717, 1.165) is 19.3 Å². The number of ether oxygens (including phenoxy) is 2. The lowest BCUT2D eigenvalue weighted by Gasteiger charge is -2.36. The van der Waals surface area contributed by atoms with Gasteiger partial charge in [-0.3, -0.25) is 4.90 Å². The summed E-state index contributed by atoms with van der Waals surface area (Å²) < 4.78 is 11.2. The van der Waals surface area contributed by atoms with Crippen molar-refractivity contribution in [2.24, 2.45) is 0 Å². The van der Waals surface area contributed by atoms with Crippen LogP contribution in [0, 0.1) is 0 Å². The van der Waals surface area contributed by atoms with Crippen LogP contribution >= 0.6 is 0 Å². The summed E-state index contributed by atoms with van der Waals surface area (Å²) in [4.78, 5) is 14.5. The Bertz CT molecular complexity index is 476. The van der Waals surface area contributed by atoms with E-state index in [1.54, 1.807) is 19.2 Å². The van der Waals surface area contributed by atoms with Crippen molar-refractivity contribution in [3.05, 3.63) is 35.9 Å². The molecule has 2 heterocycles. The van der Waals surface area contributed by atoms with Gasteiger partial charge < -0.3 is 9.47 Å². The molecule has 2 bridgehead atoms. The van der Waals surface area contributed by atoms with Gasteiger partial charge in [0.2, 0.25) is 0 Å². The van der Waals surface area contributed by atoms with Crippen LogP contribution in [-0.4, -0.2) is 49.3 Å². The largest absolute Gasteiger partial charge is 0.459 e. The Kier molecular flexibility index (Phi) is 3.76. The fourth-order valence-electron chi connectivity index (χ4n) is 3.52. The molecule has 2 fully saturated rings. The average molecular weight is 275 g/mol. The van der Waals surface area contributed by atoms with Gasteiger partial charge in [-0.2, -0.15) is 0 Å². The number of piperidine rings is 1. The number of benzene rings is 1. The number of hydrogen-bond donors (Lipinski definition) is 0. The van der Waals surface area contributed by atoms with Crippen molar-refractivity contribution in [1.29, 1.82) is 0 Å². The predicted molar refractivity (Wildman–Crippen MR) is 75.6 cm³/mol. The van der Waals surface area contributed by atoms with Gasteiger partial charge in [0.25, 0.3) is 0 Å². The average Bonchev–Trinajstić information content (AvgIpc) is 2.66. The first-order valence-electron chi connectivity index (χ1n) is 7.20. The molecule has 0 N–H and O–H groups in total. The molecule has 4 atom stereocenters. The minimum absolute atomic E-state index is 0.00839. The minimum Gasteiger partial charge on any atom is -0.459 e. The molecule has 2 aliphatic heterocycles. The third-order valence-corrected chi connectivity index (χ3v) is 4.66. The van der Waals surface area contributed by atoms with E-state index in [1.807, 2.05) is 18.2 Å². The summed E-state index contributed by atoms with van der Waals surface area (Å²) in [5.74, 6) is -0.214. The van der Waals surface area contributed by atoms with Gasteiger partial charge >= 0.3 is 5.97 Å². The number of esters is 1. The molecular weight excluding hydrogens is 254 g/mol. The second-order valence-corrected chi connectivity index (χ2v) is 5.76. The van der Waals surface area contributed by atoms with Crippen molar-refractivity contribution < 1.29 is 14.3 Å². The summed E-state index contributed by atoms with van der Waals surface area (Å²) in [6.07, 6.45) is 3.09. The monoisotopic (exact) mass is 275 g/mol. The number of nitrogens with zero attached hydrogens (tertiary/aromatic N) is 1. The first kappa shape index (κ1) is 13.6. The molecule has 0 aromatic heterocycles. The van der Waals surface area contributed by atoms with Crippen LogP contribution in [0.15, 0.2) is 30.3 Å². The third-order valence-electron chi connectivity index (χ3n) is 4.66. The summed E-state index contributed by atoms with van der Waals surface area (Å²) in [5, 5.41) is 0. The fraction of sp³-hybridized carbons (Fsp3) is 0.562. The number of hydrogen-bond acceptors (Lipinski definition) is 4. The maximum absolute atomic E-state index is 12.1. The fourth-order valence-corrected chi connectivity index (χ4v) is 3.52. The topological polar surface area (TPSA) is 38.8 Å². The van der Waals surface area contributed by atoms with E-state index in [9.17, 15) is 4.79 Å². The lowest BCUT2D eigenvalue weighted by molar-refractivity contribution is -0.0128. The highest BCUT2D eigenvalue weighted by atomic mass is 16.5. The summed E-state index contributed by atoms with van der Waals surface area (Å²) in [7, 11) is 3.91. The van der Waals surface area contributed by atoms with Crippen LogP contribution in [0.5, 0.6) is 0 Å². The van der Waals surface area contributed by atoms with E-state index in [4.69, 9.17) is 9.47 Å². The Morgan fingerprint density at radius 1 is 1.20 bits per heavy atom. The van der Waals surface area contributed by atoms with Gasteiger partial charge in [0.15, 0.2) is 0 Å². The number of likely N-dealkylation sites (N-methyl/N-ethyl adjacent to an activating group) is 1. The van der Waals surface area contributed by atoms with Crippen molar-refractivity contribution in [3.63, 3.8) is 0 Å². The molecule has 1 aromatic rings. The molecule has 1 aromatic carbocycles. The number of rotatable bonds is 3. The predicted octanol–water partition coefficient (Wildman–Crippen LogP) is 2.09. The molecule has 2 saturated heterocycles. The molecule has 4 nitrogen and oxygen atoms in total. The summed E-state index contributed by atoms with van der Waals surface area (Å²) in [6, 6.07) is 10.0. The number of methoxy groups -OCH3 is 1. The summed E-state index contributed by atoms with van der Waals surface area (Å²) in [6.45, 7) is 0. The Hall–Kier alpha value is -1.39. The molecule has 2 aliphatic rings. The van der Waals surface area contributed by atoms with Crippen LogP contribution in [0.3, 0.4) is 0 Å². The van der Waals surface area contributed by atoms with Gasteiger partial charge in [-0.15, -0.1) is 0 Å². The van der Waals surface area contributed by atoms with Gasteiger partial charge in [-0.1, -0.05) is 18.2 Å². The van der Waals surface area contributed by atoms with Gasteiger partial charge in [0.1, 0.15) is 6.10 Å². The van der Waals surface area contributed by atoms with Gasteiger partial charge in [-0.05, 0) is 25.6 Å². The molecule has 4 heteroatoms. The highest BCUT2D eigenvalue weighted by molar-refractivity contribution is 5.89. The van der Waals surface area contributed by atoms with E-state index in [1.165, 1.54) is 0 Å².